The van der Waals surface area contributed by atoms with Crippen molar-refractivity contribution in [2.45, 2.75) is 20.4 Å². The van der Waals surface area contributed by atoms with Crippen molar-refractivity contribution in [1.29, 1.82) is 0 Å². The van der Waals surface area contributed by atoms with E-state index in [2.05, 4.69) is 42.5 Å². The van der Waals surface area contributed by atoms with E-state index in [0.717, 1.165) is 12.4 Å². The fourth-order valence-corrected chi connectivity index (χ4v) is 1.74. The molecular weight excluding hydrogens is 198 g/mol. The van der Waals surface area contributed by atoms with Crippen molar-refractivity contribution >= 4 is 5.82 Å². The lowest BCUT2D eigenvalue weighted by atomic mass is 10.0. The molecule has 1 heterocycles. The van der Waals surface area contributed by atoms with Gasteiger partial charge in [-0.25, -0.2) is 0 Å². The number of aromatic nitrogens is 2. The maximum Gasteiger partial charge on any atom is 0.124 e. The Morgan fingerprint density at radius 1 is 1.25 bits per heavy atom. The standard InChI is InChI=1S/C13H17N3/c1-10-5-4-6-12(11(10)2)9-14-13-7-8-15-16(13)3/h4-8,14H,9H2,1-3H3. The number of nitrogens with one attached hydrogen (secondary N) is 1. The Morgan fingerprint density at radius 3 is 2.75 bits per heavy atom. The van der Waals surface area contributed by atoms with Gasteiger partial charge in [-0.1, -0.05) is 18.2 Å². The smallest absolute Gasteiger partial charge is 0.124 e. The second-order valence-corrected chi connectivity index (χ2v) is 4.05. The fraction of sp³-hybridized carbons (Fsp3) is 0.308. The fourth-order valence-electron chi connectivity index (χ4n) is 1.74. The van der Waals surface area contributed by atoms with E-state index in [4.69, 9.17) is 0 Å². The molecule has 3 heteroatoms. The van der Waals surface area contributed by atoms with Gasteiger partial charge in [-0.3, -0.25) is 4.68 Å². The first-order valence-electron chi connectivity index (χ1n) is 5.45. The zero-order valence-electron chi connectivity index (χ0n) is 9.99. The van der Waals surface area contributed by atoms with E-state index in [1.807, 2.05) is 17.8 Å². The summed E-state index contributed by atoms with van der Waals surface area (Å²) in [6, 6.07) is 8.38. The Morgan fingerprint density at radius 2 is 2.06 bits per heavy atom. The first-order valence-corrected chi connectivity index (χ1v) is 5.45. The highest BCUT2D eigenvalue weighted by Gasteiger charge is 2.02. The van der Waals surface area contributed by atoms with Crippen molar-refractivity contribution in [1.82, 2.24) is 9.78 Å². The van der Waals surface area contributed by atoms with Gasteiger partial charge in [-0.15, -0.1) is 0 Å². The van der Waals surface area contributed by atoms with Crippen LogP contribution >= 0.6 is 0 Å². The summed E-state index contributed by atoms with van der Waals surface area (Å²) < 4.78 is 1.84. The van der Waals surface area contributed by atoms with E-state index >= 15 is 0 Å². The molecule has 0 atom stereocenters. The number of hydrogen-bond acceptors (Lipinski definition) is 2. The maximum absolute atomic E-state index is 4.12. The quantitative estimate of drug-likeness (QED) is 0.853. The normalized spacial score (nSPS) is 10.4. The SMILES string of the molecule is Cc1cccc(CNc2ccnn2C)c1C. The summed E-state index contributed by atoms with van der Waals surface area (Å²) in [7, 11) is 1.94. The molecule has 0 aliphatic carbocycles. The Bertz CT molecular complexity index is 486. The molecule has 0 spiro atoms. The number of rotatable bonds is 3. The van der Waals surface area contributed by atoms with E-state index in [9.17, 15) is 0 Å². The van der Waals surface area contributed by atoms with E-state index in [-0.39, 0.29) is 0 Å². The van der Waals surface area contributed by atoms with Crippen LogP contribution in [0.4, 0.5) is 5.82 Å². The Hall–Kier alpha value is -1.77. The van der Waals surface area contributed by atoms with Gasteiger partial charge in [0, 0.05) is 19.7 Å². The molecule has 0 saturated heterocycles. The third kappa shape index (κ3) is 2.08. The molecule has 3 nitrogen and oxygen atoms in total. The summed E-state index contributed by atoms with van der Waals surface area (Å²) in [6.45, 7) is 5.14. The van der Waals surface area contributed by atoms with E-state index < -0.39 is 0 Å². The summed E-state index contributed by atoms with van der Waals surface area (Å²) in [5, 5.41) is 7.50. The minimum Gasteiger partial charge on any atom is -0.366 e. The topological polar surface area (TPSA) is 29.9 Å². The van der Waals surface area contributed by atoms with Crippen LogP contribution in [0, 0.1) is 13.8 Å². The van der Waals surface area contributed by atoms with Gasteiger partial charge in [0.15, 0.2) is 0 Å². The number of anilines is 1. The molecule has 0 aliphatic rings. The molecule has 16 heavy (non-hydrogen) atoms. The molecule has 0 saturated carbocycles. The highest BCUT2D eigenvalue weighted by molar-refractivity contribution is 5.39. The van der Waals surface area contributed by atoms with Crippen molar-refractivity contribution in [2.75, 3.05) is 5.32 Å². The largest absolute Gasteiger partial charge is 0.366 e. The molecule has 1 aromatic carbocycles. The van der Waals surface area contributed by atoms with Crippen LogP contribution in [-0.4, -0.2) is 9.78 Å². The second kappa shape index (κ2) is 4.39. The second-order valence-electron chi connectivity index (χ2n) is 4.05. The first kappa shape index (κ1) is 10.7. The number of hydrogen-bond donors (Lipinski definition) is 1. The van der Waals surface area contributed by atoms with Gasteiger partial charge >= 0.3 is 0 Å². The monoisotopic (exact) mass is 215 g/mol. The van der Waals surface area contributed by atoms with Crippen molar-refractivity contribution in [3.63, 3.8) is 0 Å². The van der Waals surface area contributed by atoms with Gasteiger partial charge in [0.05, 0.1) is 6.20 Å². The molecule has 0 aliphatic heterocycles. The highest BCUT2D eigenvalue weighted by Crippen LogP contribution is 2.14. The zero-order chi connectivity index (χ0) is 11.5. The van der Waals surface area contributed by atoms with Gasteiger partial charge < -0.3 is 5.32 Å². The molecular formula is C13H17N3. The van der Waals surface area contributed by atoms with Crippen LogP contribution in [0.25, 0.3) is 0 Å². The molecule has 0 amide bonds. The number of aryl methyl sites for hydroxylation is 2. The minimum atomic E-state index is 0.840. The van der Waals surface area contributed by atoms with Crippen LogP contribution in [0.5, 0.6) is 0 Å². The van der Waals surface area contributed by atoms with Crippen LogP contribution in [0.3, 0.4) is 0 Å². The minimum absolute atomic E-state index is 0.840. The van der Waals surface area contributed by atoms with Crippen molar-refractivity contribution in [2.24, 2.45) is 7.05 Å². The van der Waals surface area contributed by atoms with E-state index in [1.54, 1.807) is 6.20 Å². The van der Waals surface area contributed by atoms with Crippen molar-refractivity contribution in [3.05, 3.63) is 47.2 Å². The summed E-state index contributed by atoms with van der Waals surface area (Å²) >= 11 is 0. The third-order valence-electron chi connectivity index (χ3n) is 3.00. The lowest BCUT2D eigenvalue weighted by molar-refractivity contribution is 0.768. The molecule has 2 rings (SSSR count). The average Bonchev–Trinajstić information content (AvgIpc) is 2.67. The predicted molar refractivity (Wildman–Crippen MR) is 66.5 cm³/mol. The third-order valence-corrected chi connectivity index (χ3v) is 3.00. The average molecular weight is 215 g/mol. The molecule has 0 unspecified atom stereocenters. The van der Waals surface area contributed by atoms with Crippen LogP contribution in [-0.2, 0) is 13.6 Å². The van der Waals surface area contributed by atoms with Gasteiger partial charge in [0.2, 0.25) is 0 Å². The molecule has 0 bridgehead atoms. The maximum atomic E-state index is 4.12. The molecule has 1 aromatic heterocycles. The van der Waals surface area contributed by atoms with Crippen molar-refractivity contribution < 1.29 is 0 Å². The summed E-state index contributed by atoms with van der Waals surface area (Å²) in [6.07, 6.45) is 1.80. The predicted octanol–water partition coefficient (Wildman–Crippen LogP) is 2.65. The summed E-state index contributed by atoms with van der Waals surface area (Å²) in [5.74, 6) is 1.04. The van der Waals surface area contributed by atoms with Gasteiger partial charge in [-0.2, -0.15) is 5.10 Å². The summed E-state index contributed by atoms with van der Waals surface area (Å²) in [4.78, 5) is 0. The number of benzene rings is 1. The Labute approximate surface area is 96.1 Å². The van der Waals surface area contributed by atoms with Crippen LogP contribution < -0.4 is 5.32 Å². The lowest BCUT2D eigenvalue weighted by Crippen LogP contribution is -2.06. The Kier molecular flexibility index (Phi) is 2.95. The summed E-state index contributed by atoms with van der Waals surface area (Å²) in [5.41, 5.74) is 4.03. The van der Waals surface area contributed by atoms with E-state index in [1.165, 1.54) is 16.7 Å². The van der Waals surface area contributed by atoms with Gasteiger partial charge in [-0.05, 0) is 30.5 Å². The van der Waals surface area contributed by atoms with Crippen LogP contribution in [0.2, 0.25) is 0 Å². The molecule has 0 radical (unpaired) electrons. The molecule has 1 N–H and O–H groups in total. The Balaban J connectivity index is 2.11. The molecule has 84 valence electrons. The lowest BCUT2D eigenvalue weighted by Gasteiger charge is -2.10. The molecule has 2 aromatic rings. The van der Waals surface area contributed by atoms with E-state index in [0.29, 0.717) is 0 Å². The van der Waals surface area contributed by atoms with Crippen LogP contribution in [0.15, 0.2) is 30.5 Å². The van der Waals surface area contributed by atoms with Crippen molar-refractivity contribution in [3.8, 4) is 0 Å². The van der Waals surface area contributed by atoms with Gasteiger partial charge in [0.1, 0.15) is 5.82 Å². The highest BCUT2D eigenvalue weighted by atomic mass is 15.3. The molecule has 0 fully saturated rings. The van der Waals surface area contributed by atoms with Crippen LogP contribution in [0.1, 0.15) is 16.7 Å². The zero-order valence-corrected chi connectivity index (χ0v) is 9.99. The van der Waals surface area contributed by atoms with Gasteiger partial charge in [0.25, 0.3) is 0 Å². The first-order chi connectivity index (χ1) is 7.68. The number of nitrogens with zero attached hydrogens (tertiary/aromatic N) is 2.